The maximum absolute atomic E-state index is 14.0. The lowest BCUT2D eigenvalue weighted by molar-refractivity contribution is -0.143. The van der Waals surface area contributed by atoms with Crippen LogP contribution in [-0.2, 0) is 9.59 Å². The summed E-state index contributed by atoms with van der Waals surface area (Å²) >= 11 is 0. The van der Waals surface area contributed by atoms with Crippen molar-refractivity contribution in [2.45, 2.75) is 25.8 Å². The smallest absolute Gasteiger partial charge is 0.233 e. The molecule has 4 nitrogen and oxygen atoms in total. The van der Waals surface area contributed by atoms with Gasteiger partial charge >= 0.3 is 0 Å². The van der Waals surface area contributed by atoms with Crippen LogP contribution in [0, 0.1) is 11.7 Å². The zero-order valence-electron chi connectivity index (χ0n) is 10.5. The van der Waals surface area contributed by atoms with Crippen LogP contribution in [0.4, 0.5) is 4.39 Å². The number of ketones is 1. The van der Waals surface area contributed by atoms with Crippen LogP contribution in [0.1, 0.15) is 35.7 Å². The van der Waals surface area contributed by atoms with Crippen molar-refractivity contribution in [3.63, 3.8) is 0 Å². The Morgan fingerprint density at radius 2 is 2.00 bits per heavy atom. The van der Waals surface area contributed by atoms with E-state index in [-0.39, 0.29) is 11.3 Å². The lowest BCUT2D eigenvalue weighted by Gasteiger charge is -2.18. The van der Waals surface area contributed by atoms with E-state index < -0.39 is 35.5 Å². The second-order valence-electron chi connectivity index (χ2n) is 5.05. The Hall–Kier alpha value is -2.04. The Labute approximate surface area is 109 Å². The van der Waals surface area contributed by atoms with Crippen molar-refractivity contribution in [2.75, 3.05) is 0 Å². The Balaban J connectivity index is 2.22. The van der Waals surface area contributed by atoms with Crippen LogP contribution in [-0.4, -0.2) is 28.5 Å². The number of Topliss-reactive ketones (excluding diaryl/α,β-unsaturated/α-hetero) is 1. The number of carbonyl (C=O) groups excluding carboxylic acids is 3. The second-order valence-corrected chi connectivity index (χ2v) is 5.05. The summed E-state index contributed by atoms with van der Waals surface area (Å²) in [4.78, 5) is 36.9. The normalized spacial score (nSPS) is 28.6. The van der Waals surface area contributed by atoms with Crippen LogP contribution in [0.3, 0.4) is 0 Å². The SMILES string of the molecule is CC(=O)N1C(=O)[C@@H](C)[C@H]2c3c(F)cccc3C(=O)[C@H]21. The van der Waals surface area contributed by atoms with Crippen LogP contribution >= 0.6 is 0 Å². The Morgan fingerprint density at radius 3 is 2.63 bits per heavy atom. The molecule has 0 radical (unpaired) electrons. The second kappa shape index (κ2) is 3.73. The molecule has 0 unspecified atom stereocenters. The summed E-state index contributed by atoms with van der Waals surface area (Å²) in [5.74, 6) is -2.80. The minimum atomic E-state index is -0.869. The van der Waals surface area contributed by atoms with E-state index >= 15 is 0 Å². The van der Waals surface area contributed by atoms with E-state index in [0.717, 1.165) is 4.90 Å². The number of halogens is 1. The molecular weight excluding hydrogens is 249 g/mol. The number of carbonyl (C=O) groups is 3. The fourth-order valence-corrected chi connectivity index (χ4v) is 3.23. The molecule has 0 bridgehead atoms. The van der Waals surface area contributed by atoms with E-state index in [2.05, 4.69) is 0 Å². The number of hydrogen-bond donors (Lipinski definition) is 0. The summed E-state index contributed by atoms with van der Waals surface area (Å²) in [6, 6.07) is 3.43. The van der Waals surface area contributed by atoms with Gasteiger partial charge in [-0.3, -0.25) is 19.3 Å². The molecule has 1 fully saturated rings. The molecule has 1 aliphatic heterocycles. The molecule has 3 atom stereocenters. The molecule has 0 aromatic heterocycles. The molecule has 1 aliphatic carbocycles. The zero-order valence-corrected chi connectivity index (χ0v) is 10.5. The molecule has 2 amide bonds. The van der Waals surface area contributed by atoms with E-state index in [1.165, 1.54) is 19.1 Å². The van der Waals surface area contributed by atoms with Gasteiger partial charge in [0.2, 0.25) is 11.8 Å². The summed E-state index contributed by atoms with van der Waals surface area (Å²) in [5.41, 5.74) is 0.572. The number of benzene rings is 1. The summed E-state index contributed by atoms with van der Waals surface area (Å²) < 4.78 is 14.0. The van der Waals surface area contributed by atoms with Gasteiger partial charge in [-0.05, 0) is 6.07 Å². The van der Waals surface area contributed by atoms with Crippen molar-refractivity contribution in [3.8, 4) is 0 Å². The monoisotopic (exact) mass is 261 g/mol. The Kier molecular flexibility index (Phi) is 2.36. The number of rotatable bonds is 0. The third kappa shape index (κ3) is 1.35. The van der Waals surface area contributed by atoms with Gasteiger partial charge < -0.3 is 0 Å². The molecular formula is C14H12FNO3. The quantitative estimate of drug-likeness (QED) is 0.711. The molecule has 1 heterocycles. The molecule has 0 spiro atoms. The fraction of sp³-hybridized carbons (Fsp3) is 0.357. The molecule has 0 saturated carbocycles. The Morgan fingerprint density at radius 1 is 1.32 bits per heavy atom. The highest BCUT2D eigenvalue weighted by molar-refractivity contribution is 6.13. The lowest BCUT2D eigenvalue weighted by atomic mass is 9.89. The van der Waals surface area contributed by atoms with Gasteiger partial charge in [-0.15, -0.1) is 0 Å². The molecule has 0 N–H and O–H groups in total. The van der Waals surface area contributed by atoms with Crippen LogP contribution in [0.25, 0.3) is 0 Å². The highest BCUT2D eigenvalue weighted by Gasteiger charge is 2.57. The first-order valence-electron chi connectivity index (χ1n) is 6.11. The zero-order chi connectivity index (χ0) is 13.9. The van der Waals surface area contributed by atoms with Gasteiger partial charge in [0.05, 0.1) is 0 Å². The largest absolute Gasteiger partial charge is 0.292 e. The highest BCUT2D eigenvalue weighted by atomic mass is 19.1. The number of nitrogens with zero attached hydrogens (tertiary/aromatic N) is 1. The van der Waals surface area contributed by atoms with E-state index in [1.807, 2.05) is 0 Å². The third-order valence-corrected chi connectivity index (χ3v) is 4.04. The van der Waals surface area contributed by atoms with Gasteiger partial charge in [0, 0.05) is 29.9 Å². The summed E-state index contributed by atoms with van der Waals surface area (Å²) in [5, 5.41) is 0. The van der Waals surface area contributed by atoms with Crippen molar-refractivity contribution in [1.82, 2.24) is 4.90 Å². The maximum atomic E-state index is 14.0. The summed E-state index contributed by atoms with van der Waals surface area (Å²) in [6.45, 7) is 2.89. The lowest BCUT2D eigenvalue weighted by Crippen LogP contribution is -2.41. The molecule has 1 aromatic carbocycles. The first kappa shape index (κ1) is 12.0. The van der Waals surface area contributed by atoms with Gasteiger partial charge in [-0.1, -0.05) is 19.1 Å². The van der Waals surface area contributed by atoms with Crippen LogP contribution in [0.5, 0.6) is 0 Å². The van der Waals surface area contributed by atoms with Crippen LogP contribution in [0.2, 0.25) is 0 Å². The number of likely N-dealkylation sites (tertiary alicyclic amines) is 1. The van der Waals surface area contributed by atoms with Gasteiger partial charge in [-0.2, -0.15) is 0 Å². The first-order chi connectivity index (χ1) is 8.95. The number of hydrogen-bond acceptors (Lipinski definition) is 3. The van der Waals surface area contributed by atoms with Crippen molar-refractivity contribution in [3.05, 3.63) is 35.1 Å². The van der Waals surface area contributed by atoms with Gasteiger partial charge in [0.15, 0.2) is 5.78 Å². The average Bonchev–Trinajstić information content (AvgIpc) is 2.77. The molecule has 2 aliphatic rings. The minimum Gasteiger partial charge on any atom is -0.292 e. The molecule has 1 saturated heterocycles. The number of imide groups is 1. The minimum absolute atomic E-state index is 0.280. The Bertz CT molecular complexity index is 625. The highest BCUT2D eigenvalue weighted by Crippen LogP contribution is 2.47. The van der Waals surface area contributed by atoms with E-state index in [9.17, 15) is 18.8 Å². The summed E-state index contributed by atoms with van der Waals surface area (Å²) in [6.07, 6.45) is 0. The van der Waals surface area contributed by atoms with Crippen molar-refractivity contribution in [2.24, 2.45) is 5.92 Å². The molecule has 98 valence electrons. The predicted octanol–water partition coefficient (Wildman–Crippen LogP) is 1.50. The first-order valence-corrected chi connectivity index (χ1v) is 6.11. The molecule has 19 heavy (non-hydrogen) atoms. The standard InChI is InChI=1S/C14H12FNO3/c1-6-10-11-8(4-3-5-9(11)15)13(18)12(10)16(7(2)17)14(6)19/h3-6,10,12H,1-2H3/t6-,10-,12-/m0/s1. The van der Waals surface area contributed by atoms with E-state index in [0.29, 0.717) is 5.56 Å². The molecule has 5 heteroatoms. The molecule has 3 rings (SSSR count). The van der Waals surface area contributed by atoms with Gasteiger partial charge in [-0.25, -0.2) is 4.39 Å². The van der Waals surface area contributed by atoms with Crippen LogP contribution < -0.4 is 0 Å². The fourth-order valence-electron chi connectivity index (χ4n) is 3.23. The predicted molar refractivity (Wildman–Crippen MR) is 64.0 cm³/mol. The van der Waals surface area contributed by atoms with Crippen molar-refractivity contribution in [1.29, 1.82) is 0 Å². The summed E-state index contributed by atoms with van der Waals surface area (Å²) in [7, 11) is 0. The van der Waals surface area contributed by atoms with Crippen molar-refractivity contribution < 1.29 is 18.8 Å². The van der Waals surface area contributed by atoms with Gasteiger partial charge in [0.1, 0.15) is 11.9 Å². The topological polar surface area (TPSA) is 54.5 Å². The molecule has 1 aromatic rings. The third-order valence-electron chi connectivity index (χ3n) is 4.04. The number of amides is 2. The number of fused-ring (bicyclic) bond motifs is 3. The van der Waals surface area contributed by atoms with E-state index in [4.69, 9.17) is 0 Å². The average molecular weight is 261 g/mol. The van der Waals surface area contributed by atoms with Crippen molar-refractivity contribution >= 4 is 17.6 Å². The van der Waals surface area contributed by atoms with Crippen LogP contribution in [0.15, 0.2) is 18.2 Å². The van der Waals surface area contributed by atoms with E-state index in [1.54, 1.807) is 13.0 Å². The maximum Gasteiger partial charge on any atom is 0.233 e. The van der Waals surface area contributed by atoms with Gasteiger partial charge in [0.25, 0.3) is 0 Å².